The highest BCUT2D eigenvalue weighted by Crippen LogP contribution is 2.40. The molecule has 0 bridgehead atoms. The zero-order chi connectivity index (χ0) is 19.1. The SMILES string of the molecule is COC(=O)[C@]1(C(F)(F)F)N=C2C=CC(Br)=CN2C(c2cccc(Cl)c2)=N1. The van der Waals surface area contributed by atoms with E-state index in [1.54, 1.807) is 12.1 Å². The molecule has 0 saturated heterocycles. The number of fused-ring (bicyclic) bond motifs is 1. The van der Waals surface area contributed by atoms with Crippen LogP contribution in [-0.4, -0.2) is 41.5 Å². The molecule has 0 fully saturated rings. The van der Waals surface area contributed by atoms with Crippen LogP contribution in [0.5, 0.6) is 0 Å². The van der Waals surface area contributed by atoms with Crippen LogP contribution in [0.2, 0.25) is 5.02 Å². The molecule has 1 aromatic rings. The van der Waals surface area contributed by atoms with Crippen molar-refractivity contribution in [3.63, 3.8) is 0 Å². The average Bonchev–Trinajstić information content (AvgIpc) is 2.59. The van der Waals surface area contributed by atoms with Gasteiger partial charge in [-0.3, -0.25) is 4.90 Å². The van der Waals surface area contributed by atoms with Crippen molar-refractivity contribution < 1.29 is 22.7 Å². The summed E-state index contributed by atoms with van der Waals surface area (Å²) in [7, 11) is 0.851. The van der Waals surface area contributed by atoms with E-state index in [9.17, 15) is 18.0 Å². The number of ether oxygens (including phenoxy) is 1. The molecule has 0 radical (unpaired) electrons. The van der Waals surface area contributed by atoms with Crippen LogP contribution in [-0.2, 0) is 9.53 Å². The Morgan fingerprint density at radius 1 is 1.31 bits per heavy atom. The second-order valence-corrected chi connectivity index (χ2v) is 6.65. The van der Waals surface area contributed by atoms with Gasteiger partial charge in [0.2, 0.25) is 0 Å². The molecule has 3 rings (SSSR count). The van der Waals surface area contributed by atoms with Gasteiger partial charge in [-0.1, -0.05) is 23.7 Å². The fourth-order valence-corrected chi connectivity index (χ4v) is 2.96. The van der Waals surface area contributed by atoms with Crippen molar-refractivity contribution in [2.75, 3.05) is 7.11 Å². The fraction of sp³-hybridized carbons (Fsp3) is 0.188. The van der Waals surface area contributed by atoms with Crippen LogP contribution in [0.3, 0.4) is 0 Å². The Hall–Kier alpha value is -2.13. The summed E-state index contributed by atoms with van der Waals surface area (Å²) in [5.41, 5.74) is -3.11. The maximum Gasteiger partial charge on any atom is 0.445 e. The third-order valence-electron chi connectivity index (χ3n) is 3.61. The first kappa shape index (κ1) is 18.7. The van der Waals surface area contributed by atoms with Crippen molar-refractivity contribution in [3.05, 3.63) is 57.7 Å². The molecule has 0 unspecified atom stereocenters. The molecular weight excluding hydrogens is 439 g/mol. The number of alkyl halides is 3. The topological polar surface area (TPSA) is 54.3 Å². The van der Waals surface area contributed by atoms with E-state index in [1.165, 1.54) is 35.4 Å². The second-order valence-electron chi connectivity index (χ2n) is 5.29. The van der Waals surface area contributed by atoms with Gasteiger partial charge in [0.1, 0.15) is 11.7 Å². The Balaban J connectivity index is 2.29. The third-order valence-corrected chi connectivity index (χ3v) is 4.32. The van der Waals surface area contributed by atoms with Crippen molar-refractivity contribution in [2.45, 2.75) is 11.8 Å². The Morgan fingerprint density at radius 3 is 2.65 bits per heavy atom. The number of methoxy groups -OCH3 is 1. The van der Waals surface area contributed by atoms with Gasteiger partial charge in [-0.2, -0.15) is 13.2 Å². The van der Waals surface area contributed by atoms with Crippen molar-refractivity contribution in [3.8, 4) is 0 Å². The number of amidine groups is 2. The third kappa shape index (κ3) is 3.05. The summed E-state index contributed by atoms with van der Waals surface area (Å²) >= 11 is 9.22. The molecule has 1 aromatic carbocycles. The molecule has 0 aliphatic carbocycles. The number of aliphatic imine (C=N–C) groups is 2. The van der Waals surface area contributed by atoms with Crippen LogP contribution < -0.4 is 0 Å². The van der Waals surface area contributed by atoms with Crippen molar-refractivity contribution in [2.24, 2.45) is 9.98 Å². The van der Waals surface area contributed by atoms with Gasteiger partial charge in [-0.25, -0.2) is 14.8 Å². The maximum atomic E-state index is 13.8. The quantitative estimate of drug-likeness (QED) is 0.642. The van der Waals surface area contributed by atoms with Crippen LogP contribution in [0, 0.1) is 0 Å². The number of hydrogen-bond acceptors (Lipinski definition) is 5. The number of hydrogen-bond donors (Lipinski definition) is 0. The number of carbonyl (C=O) groups excluding carboxylic acids is 1. The van der Waals surface area contributed by atoms with Crippen molar-refractivity contribution >= 4 is 45.2 Å². The minimum atomic E-state index is -5.10. The summed E-state index contributed by atoms with van der Waals surface area (Å²) in [4.78, 5) is 20.7. The number of rotatable bonds is 2. The van der Waals surface area contributed by atoms with Gasteiger partial charge in [-0.15, -0.1) is 0 Å². The van der Waals surface area contributed by atoms with E-state index < -0.39 is 17.8 Å². The monoisotopic (exact) mass is 447 g/mol. The number of nitrogens with zero attached hydrogens (tertiary/aromatic N) is 3. The lowest BCUT2D eigenvalue weighted by molar-refractivity contribution is -0.202. The Kier molecular flexibility index (Phi) is 4.70. The summed E-state index contributed by atoms with van der Waals surface area (Å²) in [6.07, 6.45) is -0.757. The van der Waals surface area contributed by atoms with E-state index in [2.05, 4.69) is 30.7 Å². The number of esters is 1. The molecule has 0 aromatic heterocycles. The van der Waals surface area contributed by atoms with Gasteiger partial charge in [0.05, 0.1) is 7.11 Å². The predicted octanol–water partition coefficient (Wildman–Crippen LogP) is 4.04. The first-order valence-electron chi connectivity index (χ1n) is 7.13. The fourth-order valence-electron chi connectivity index (χ4n) is 2.43. The molecule has 0 spiro atoms. The first-order valence-corrected chi connectivity index (χ1v) is 8.30. The summed E-state index contributed by atoms with van der Waals surface area (Å²) in [6, 6.07) is 6.12. The standard InChI is InChI=1S/C16H10BrClF3N3O2/c1-26-14(25)15(16(19,20)21)22-12-6-5-10(17)8-24(12)13(23-15)9-3-2-4-11(18)7-9/h2-8H,1H3/t15-/m0/s1. The van der Waals surface area contributed by atoms with Crippen LogP contribution in [0.15, 0.2) is 57.1 Å². The number of allylic oxidation sites excluding steroid dienone is 2. The van der Waals surface area contributed by atoms with E-state index in [0.29, 0.717) is 9.51 Å². The van der Waals surface area contributed by atoms with Gasteiger partial charge < -0.3 is 4.74 Å². The van der Waals surface area contributed by atoms with E-state index in [0.717, 1.165) is 7.11 Å². The van der Waals surface area contributed by atoms with E-state index in [-0.39, 0.29) is 17.2 Å². The Labute approximate surface area is 159 Å². The Morgan fingerprint density at radius 2 is 2.04 bits per heavy atom. The maximum absolute atomic E-state index is 13.8. The zero-order valence-electron chi connectivity index (χ0n) is 13.1. The van der Waals surface area contributed by atoms with Gasteiger partial charge in [-0.05, 0) is 40.2 Å². The minimum absolute atomic E-state index is 0.110. The molecular formula is C16H10BrClF3N3O2. The summed E-state index contributed by atoms with van der Waals surface area (Å²) < 4.78 is 46.4. The first-order chi connectivity index (χ1) is 12.2. The Bertz CT molecular complexity index is 895. The molecule has 0 saturated carbocycles. The van der Waals surface area contributed by atoms with Crippen LogP contribution in [0.1, 0.15) is 5.56 Å². The lowest BCUT2D eigenvalue weighted by atomic mass is 10.1. The normalized spacial score (nSPS) is 22.2. The molecule has 136 valence electrons. The molecule has 2 heterocycles. The summed E-state index contributed by atoms with van der Waals surface area (Å²) in [6.45, 7) is 0. The highest BCUT2D eigenvalue weighted by Gasteiger charge is 2.64. The number of benzene rings is 1. The molecule has 1 atom stereocenters. The van der Waals surface area contributed by atoms with E-state index in [1.807, 2.05) is 0 Å². The smallest absolute Gasteiger partial charge is 0.445 e. The molecule has 0 N–H and O–H groups in total. The minimum Gasteiger partial charge on any atom is -0.465 e. The lowest BCUT2D eigenvalue weighted by Gasteiger charge is -2.36. The van der Waals surface area contributed by atoms with E-state index >= 15 is 0 Å². The van der Waals surface area contributed by atoms with Crippen LogP contribution in [0.25, 0.3) is 0 Å². The summed E-state index contributed by atoms with van der Waals surface area (Å²) in [5, 5.41) is 0.306. The van der Waals surface area contributed by atoms with Crippen LogP contribution >= 0.6 is 27.5 Å². The molecule has 2 aliphatic rings. The van der Waals surface area contributed by atoms with Gasteiger partial charge in [0.25, 0.3) is 0 Å². The largest absolute Gasteiger partial charge is 0.465 e. The molecule has 26 heavy (non-hydrogen) atoms. The lowest BCUT2D eigenvalue weighted by Crippen LogP contribution is -2.55. The molecule has 0 amide bonds. The molecule has 5 nitrogen and oxygen atoms in total. The van der Waals surface area contributed by atoms with Crippen LogP contribution in [0.4, 0.5) is 13.2 Å². The van der Waals surface area contributed by atoms with Gasteiger partial charge in [0.15, 0.2) is 0 Å². The van der Waals surface area contributed by atoms with Crippen molar-refractivity contribution in [1.82, 2.24) is 4.90 Å². The number of halogens is 5. The average molecular weight is 449 g/mol. The predicted molar refractivity (Wildman–Crippen MR) is 94.2 cm³/mol. The highest BCUT2D eigenvalue weighted by molar-refractivity contribution is 9.11. The highest BCUT2D eigenvalue weighted by atomic mass is 79.9. The van der Waals surface area contributed by atoms with Gasteiger partial charge >= 0.3 is 17.8 Å². The molecule has 10 heteroatoms. The zero-order valence-corrected chi connectivity index (χ0v) is 15.4. The second kappa shape index (κ2) is 6.55. The van der Waals surface area contributed by atoms with Crippen molar-refractivity contribution in [1.29, 1.82) is 0 Å². The van der Waals surface area contributed by atoms with E-state index in [4.69, 9.17) is 11.6 Å². The summed E-state index contributed by atoms with van der Waals surface area (Å²) in [5.74, 6) is -1.87. The number of carbonyl (C=O) groups is 1. The van der Waals surface area contributed by atoms with Gasteiger partial charge in [0, 0.05) is 21.3 Å². The molecule has 2 aliphatic heterocycles.